The lowest BCUT2D eigenvalue weighted by molar-refractivity contribution is -0.122. The molecular formula is C19H28N2O2. The number of H-pyrrole nitrogens is 1. The van der Waals surface area contributed by atoms with E-state index in [2.05, 4.69) is 22.4 Å². The van der Waals surface area contributed by atoms with Gasteiger partial charge in [0, 0.05) is 30.1 Å². The number of nitrogens with one attached hydrogen (secondary N) is 2. The van der Waals surface area contributed by atoms with Crippen molar-refractivity contribution >= 4 is 16.8 Å². The Morgan fingerprint density at radius 1 is 1.39 bits per heavy atom. The van der Waals surface area contributed by atoms with Gasteiger partial charge >= 0.3 is 0 Å². The highest BCUT2D eigenvalue weighted by molar-refractivity contribution is 5.83. The van der Waals surface area contributed by atoms with Gasteiger partial charge in [-0.05, 0) is 37.3 Å². The van der Waals surface area contributed by atoms with Gasteiger partial charge in [0.25, 0.3) is 0 Å². The van der Waals surface area contributed by atoms with E-state index in [0.29, 0.717) is 13.0 Å². The van der Waals surface area contributed by atoms with Crippen LogP contribution in [0.1, 0.15) is 45.6 Å². The smallest absolute Gasteiger partial charge is 0.220 e. The molecule has 1 aromatic carbocycles. The van der Waals surface area contributed by atoms with E-state index >= 15 is 0 Å². The van der Waals surface area contributed by atoms with E-state index in [9.17, 15) is 9.90 Å². The summed E-state index contributed by atoms with van der Waals surface area (Å²) in [4.78, 5) is 15.2. The van der Waals surface area contributed by atoms with E-state index in [1.807, 2.05) is 32.2 Å². The van der Waals surface area contributed by atoms with Crippen molar-refractivity contribution in [3.63, 3.8) is 0 Å². The first kappa shape index (κ1) is 17.5. The summed E-state index contributed by atoms with van der Waals surface area (Å²) < 4.78 is 0. The Labute approximate surface area is 138 Å². The van der Waals surface area contributed by atoms with E-state index in [1.54, 1.807) is 6.92 Å². The average Bonchev–Trinajstić information content (AvgIpc) is 2.95. The Balaban J connectivity index is 1.77. The average molecular weight is 316 g/mol. The predicted octanol–water partition coefficient (Wildman–Crippen LogP) is 3.40. The van der Waals surface area contributed by atoms with Crippen LogP contribution in [0, 0.1) is 5.92 Å². The lowest BCUT2D eigenvalue weighted by Crippen LogP contribution is -2.45. The number of carbonyl (C=O) groups is 1. The van der Waals surface area contributed by atoms with Crippen LogP contribution < -0.4 is 5.32 Å². The molecular weight excluding hydrogens is 288 g/mol. The van der Waals surface area contributed by atoms with Crippen molar-refractivity contribution in [3.05, 3.63) is 36.0 Å². The fraction of sp³-hybridized carbons (Fsp3) is 0.526. The van der Waals surface area contributed by atoms with Gasteiger partial charge in [-0.3, -0.25) is 4.79 Å². The number of carbonyl (C=O) groups excluding carboxylic acids is 1. The van der Waals surface area contributed by atoms with E-state index in [4.69, 9.17) is 0 Å². The van der Waals surface area contributed by atoms with Gasteiger partial charge in [0.05, 0.1) is 5.60 Å². The van der Waals surface area contributed by atoms with Crippen molar-refractivity contribution in [2.24, 2.45) is 5.92 Å². The maximum absolute atomic E-state index is 12.0. The van der Waals surface area contributed by atoms with Crippen LogP contribution in [0.5, 0.6) is 0 Å². The largest absolute Gasteiger partial charge is 0.388 e. The summed E-state index contributed by atoms with van der Waals surface area (Å²) in [6.07, 6.45) is 5.08. The highest BCUT2D eigenvalue weighted by Crippen LogP contribution is 2.20. The summed E-state index contributed by atoms with van der Waals surface area (Å²) in [7, 11) is 0. The second-order valence-corrected chi connectivity index (χ2v) is 6.66. The number of aliphatic hydroxyl groups is 1. The van der Waals surface area contributed by atoms with Crippen molar-refractivity contribution in [1.29, 1.82) is 0 Å². The summed E-state index contributed by atoms with van der Waals surface area (Å²) in [5, 5.41) is 14.4. The van der Waals surface area contributed by atoms with Crippen LogP contribution in [0.2, 0.25) is 0 Å². The molecule has 4 nitrogen and oxygen atoms in total. The van der Waals surface area contributed by atoms with Gasteiger partial charge in [0.1, 0.15) is 0 Å². The SMILES string of the molecule is CCC(C)C(C)(O)CNC(=O)CCCc1c[nH]c2ccccc12. The number of aromatic nitrogens is 1. The lowest BCUT2D eigenvalue weighted by Gasteiger charge is -2.29. The molecule has 1 aromatic heterocycles. The number of amides is 1. The summed E-state index contributed by atoms with van der Waals surface area (Å²) >= 11 is 0. The Morgan fingerprint density at radius 3 is 2.87 bits per heavy atom. The van der Waals surface area contributed by atoms with Crippen molar-refractivity contribution < 1.29 is 9.90 Å². The van der Waals surface area contributed by atoms with Gasteiger partial charge in [-0.1, -0.05) is 38.5 Å². The van der Waals surface area contributed by atoms with Gasteiger partial charge in [0.15, 0.2) is 0 Å². The topological polar surface area (TPSA) is 65.1 Å². The molecule has 0 aliphatic carbocycles. The Morgan fingerprint density at radius 2 is 2.13 bits per heavy atom. The normalized spacial score (nSPS) is 15.3. The Kier molecular flexibility index (Phi) is 5.83. The molecule has 0 aliphatic rings. The molecule has 0 saturated carbocycles. The van der Waals surface area contributed by atoms with Crippen LogP contribution in [-0.4, -0.2) is 28.1 Å². The van der Waals surface area contributed by atoms with Gasteiger partial charge in [-0.15, -0.1) is 0 Å². The van der Waals surface area contributed by atoms with Crippen LogP contribution in [0.25, 0.3) is 10.9 Å². The van der Waals surface area contributed by atoms with Crippen LogP contribution >= 0.6 is 0 Å². The summed E-state index contributed by atoms with van der Waals surface area (Å²) in [6, 6.07) is 8.20. The molecule has 1 amide bonds. The summed E-state index contributed by atoms with van der Waals surface area (Å²) in [5.74, 6) is 0.169. The standard InChI is InChI=1S/C19H28N2O2/c1-4-14(2)19(3,23)13-21-18(22)11-7-8-15-12-20-17-10-6-5-9-16(15)17/h5-6,9-10,12,14,20,23H,4,7-8,11,13H2,1-3H3,(H,21,22). The highest BCUT2D eigenvalue weighted by Gasteiger charge is 2.27. The number of rotatable bonds is 8. The molecule has 0 spiro atoms. The van der Waals surface area contributed by atoms with Crippen molar-refractivity contribution in [3.8, 4) is 0 Å². The van der Waals surface area contributed by atoms with Gasteiger partial charge in [0.2, 0.25) is 5.91 Å². The molecule has 2 atom stereocenters. The van der Waals surface area contributed by atoms with Gasteiger partial charge in [-0.2, -0.15) is 0 Å². The maximum atomic E-state index is 12.0. The fourth-order valence-electron chi connectivity index (χ4n) is 2.76. The number of fused-ring (bicyclic) bond motifs is 1. The molecule has 1 heterocycles. The maximum Gasteiger partial charge on any atom is 0.220 e. The zero-order valence-electron chi connectivity index (χ0n) is 14.4. The van der Waals surface area contributed by atoms with Crippen molar-refractivity contribution in [1.82, 2.24) is 10.3 Å². The minimum Gasteiger partial charge on any atom is -0.388 e. The second kappa shape index (κ2) is 7.64. The highest BCUT2D eigenvalue weighted by atomic mass is 16.3. The van der Waals surface area contributed by atoms with Crippen LogP contribution in [0.15, 0.2) is 30.5 Å². The molecule has 2 unspecified atom stereocenters. The summed E-state index contributed by atoms with van der Waals surface area (Å²) in [6.45, 7) is 6.15. The zero-order valence-corrected chi connectivity index (χ0v) is 14.4. The minimum absolute atomic E-state index is 0.00780. The van der Waals surface area contributed by atoms with Crippen molar-refractivity contribution in [2.75, 3.05) is 6.54 Å². The van der Waals surface area contributed by atoms with E-state index in [1.165, 1.54) is 10.9 Å². The van der Waals surface area contributed by atoms with Crippen molar-refractivity contribution in [2.45, 2.75) is 52.1 Å². The molecule has 0 aliphatic heterocycles. The first-order chi connectivity index (χ1) is 10.9. The number of para-hydroxylation sites is 1. The number of hydrogen-bond acceptors (Lipinski definition) is 2. The number of hydrogen-bond donors (Lipinski definition) is 3. The van der Waals surface area contributed by atoms with Gasteiger partial charge < -0.3 is 15.4 Å². The second-order valence-electron chi connectivity index (χ2n) is 6.66. The minimum atomic E-state index is -0.846. The molecule has 4 heteroatoms. The van der Waals surface area contributed by atoms with Crippen LogP contribution in [-0.2, 0) is 11.2 Å². The summed E-state index contributed by atoms with van der Waals surface area (Å²) in [5.41, 5.74) is 1.54. The van der Waals surface area contributed by atoms with E-state index in [0.717, 1.165) is 24.8 Å². The van der Waals surface area contributed by atoms with E-state index < -0.39 is 5.60 Å². The van der Waals surface area contributed by atoms with Crippen LogP contribution in [0.3, 0.4) is 0 Å². The quantitative estimate of drug-likeness (QED) is 0.699. The molecule has 3 N–H and O–H groups in total. The molecule has 2 rings (SSSR count). The Hall–Kier alpha value is -1.81. The first-order valence-corrected chi connectivity index (χ1v) is 8.48. The number of aromatic amines is 1. The third-order valence-electron chi connectivity index (χ3n) is 4.84. The lowest BCUT2D eigenvalue weighted by atomic mass is 9.88. The molecule has 126 valence electrons. The van der Waals surface area contributed by atoms with E-state index in [-0.39, 0.29) is 11.8 Å². The van der Waals surface area contributed by atoms with Crippen LogP contribution in [0.4, 0.5) is 0 Å². The first-order valence-electron chi connectivity index (χ1n) is 8.48. The molecule has 2 aromatic rings. The fourth-order valence-corrected chi connectivity index (χ4v) is 2.76. The molecule has 0 fully saturated rings. The molecule has 23 heavy (non-hydrogen) atoms. The number of benzene rings is 1. The van der Waals surface area contributed by atoms with Gasteiger partial charge in [-0.25, -0.2) is 0 Å². The zero-order chi connectivity index (χ0) is 16.9. The predicted molar refractivity (Wildman–Crippen MR) is 94.3 cm³/mol. The molecule has 0 radical (unpaired) electrons. The molecule has 0 saturated heterocycles. The monoisotopic (exact) mass is 316 g/mol. The third kappa shape index (κ3) is 4.58. The molecule has 0 bridgehead atoms. The Bertz CT molecular complexity index is 646. The third-order valence-corrected chi connectivity index (χ3v) is 4.84. The number of aryl methyl sites for hydroxylation is 1.